The smallest absolute Gasteiger partial charge is 0.333 e. The molecule has 2 atom stereocenters. The van der Waals surface area contributed by atoms with Crippen molar-refractivity contribution in [2.24, 2.45) is 35.5 Å². The van der Waals surface area contributed by atoms with E-state index in [9.17, 15) is 14.3 Å². The van der Waals surface area contributed by atoms with E-state index >= 15 is 0 Å². The first-order valence-electron chi connectivity index (χ1n) is 18.3. The normalized spacial score (nSPS) is 28.6. The molecular formula is C40H61FO4. The summed E-state index contributed by atoms with van der Waals surface area (Å²) in [6.45, 7) is 12.0. The first-order chi connectivity index (χ1) is 21.8. The van der Waals surface area contributed by atoms with Crippen molar-refractivity contribution < 1.29 is 23.8 Å². The van der Waals surface area contributed by atoms with Crippen LogP contribution in [0.4, 0.5) is 4.39 Å². The zero-order valence-electron chi connectivity index (χ0n) is 28.3. The van der Waals surface area contributed by atoms with E-state index in [-0.39, 0.29) is 17.7 Å². The van der Waals surface area contributed by atoms with Gasteiger partial charge in [-0.15, -0.1) is 0 Å². The van der Waals surface area contributed by atoms with E-state index < -0.39 is 6.29 Å². The predicted molar refractivity (Wildman–Crippen MR) is 181 cm³/mol. The molecule has 1 N–H and O–H groups in total. The summed E-state index contributed by atoms with van der Waals surface area (Å²) in [5.41, 5.74) is 2.55. The number of rotatable bonds is 16. The molecule has 0 aromatic heterocycles. The fraction of sp³-hybridized carbons (Fsp3) is 0.725. The fourth-order valence-corrected chi connectivity index (χ4v) is 8.85. The summed E-state index contributed by atoms with van der Waals surface area (Å²) in [6.07, 6.45) is 20.9. The van der Waals surface area contributed by atoms with Gasteiger partial charge in [-0.3, -0.25) is 0 Å². The van der Waals surface area contributed by atoms with Gasteiger partial charge in [0, 0.05) is 5.57 Å². The average molecular weight is 625 g/mol. The van der Waals surface area contributed by atoms with Gasteiger partial charge in [0.15, 0.2) is 6.29 Å². The van der Waals surface area contributed by atoms with Crippen molar-refractivity contribution in [3.63, 3.8) is 0 Å². The number of ether oxygens (including phenoxy) is 2. The highest BCUT2D eigenvalue weighted by molar-refractivity contribution is 5.86. The minimum atomic E-state index is -0.952. The number of halogens is 1. The maximum absolute atomic E-state index is 14.8. The monoisotopic (exact) mass is 624 g/mol. The highest BCUT2D eigenvalue weighted by Gasteiger charge is 2.36. The van der Waals surface area contributed by atoms with Gasteiger partial charge in [0.05, 0.1) is 13.2 Å². The summed E-state index contributed by atoms with van der Waals surface area (Å²) in [5, 5.41) is 9.71. The Morgan fingerprint density at radius 3 is 2.07 bits per heavy atom. The lowest BCUT2D eigenvalue weighted by molar-refractivity contribution is -0.141. The number of carbonyl (C=O) groups is 1. The first-order valence-corrected chi connectivity index (χ1v) is 18.3. The maximum atomic E-state index is 14.8. The lowest BCUT2D eigenvalue weighted by Crippen LogP contribution is -2.32. The van der Waals surface area contributed by atoms with Gasteiger partial charge in [-0.05, 0) is 168 Å². The van der Waals surface area contributed by atoms with Crippen LogP contribution in [0.5, 0.6) is 0 Å². The number of aliphatic hydroxyl groups excluding tert-OH is 1. The first kappa shape index (κ1) is 35.9. The molecule has 0 saturated heterocycles. The molecule has 0 bridgehead atoms. The number of aryl methyl sites for hydroxylation is 1. The average Bonchev–Trinajstić information content (AvgIpc) is 3.07. The molecule has 3 aliphatic carbocycles. The summed E-state index contributed by atoms with van der Waals surface area (Å²) >= 11 is 0. The third kappa shape index (κ3) is 10.8. The standard InChI is InChI=1S/C40H61FO4/c1-5-7-8-9-35-22-23-36(26-38(35)41)33-18-14-31(15-19-33)29-10-12-30(13-11-29)32-16-20-34(21-17-32)37(24-25-44-39(42)6-2)27-45-40(43)28(3)4/h6,22-23,26,29-34,37,39,42H,2-3,5,7-21,24-25,27H2,1,4H3. The quantitative estimate of drug-likeness (QED) is 0.0654. The molecule has 4 nitrogen and oxygen atoms in total. The van der Waals surface area contributed by atoms with Gasteiger partial charge in [-0.25, -0.2) is 9.18 Å². The van der Waals surface area contributed by atoms with E-state index in [2.05, 4.69) is 32.2 Å². The molecule has 0 aliphatic heterocycles. The van der Waals surface area contributed by atoms with Gasteiger partial charge in [0.25, 0.3) is 0 Å². The summed E-state index contributed by atoms with van der Waals surface area (Å²) in [5.74, 6) is 4.34. The Morgan fingerprint density at radius 1 is 0.956 bits per heavy atom. The minimum Gasteiger partial charge on any atom is -0.462 e. The van der Waals surface area contributed by atoms with Crippen molar-refractivity contribution in [1.29, 1.82) is 0 Å². The number of esters is 1. The molecule has 1 aromatic carbocycles. The Morgan fingerprint density at radius 2 is 1.53 bits per heavy atom. The van der Waals surface area contributed by atoms with Gasteiger partial charge < -0.3 is 14.6 Å². The molecule has 5 heteroatoms. The Labute approximate surface area is 273 Å². The SMILES string of the molecule is C=CC(O)OCCC(COC(=O)C(=C)C)C1CCC(C2CCC(C3CCC(c4ccc(CCCCC)c(F)c4)CC3)CC2)CC1. The fourth-order valence-electron chi connectivity index (χ4n) is 8.85. The molecule has 0 radical (unpaired) electrons. The van der Waals surface area contributed by atoms with Crippen molar-refractivity contribution in [2.75, 3.05) is 13.2 Å². The Hall–Kier alpha value is -1.98. The highest BCUT2D eigenvalue weighted by Crippen LogP contribution is 2.48. The Bertz CT molecular complexity index is 1060. The third-order valence-corrected chi connectivity index (χ3v) is 11.8. The third-order valence-electron chi connectivity index (χ3n) is 11.8. The molecule has 0 amide bonds. The maximum Gasteiger partial charge on any atom is 0.333 e. The zero-order valence-corrected chi connectivity index (χ0v) is 28.3. The topological polar surface area (TPSA) is 55.8 Å². The van der Waals surface area contributed by atoms with E-state index in [4.69, 9.17) is 9.47 Å². The Balaban J connectivity index is 1.18. The van der Waals surface area contributed by atoms with E-state index in [1.807, 2.05) is 6.07 Å². The second kappa shape index (κ2) is 18.4. The van der Waals surface area contributed by atoms with Gasteiger partial charge in [-0.1, -0.05) is 45.1 Å². The lowest BCUT2D eigenvalue weighted by atomic mass is 9.64. The van der Waals surface area contributed by atoms with Crippen molar-refractivity contribution in [1.82, 2.24) is 0 Å². The molecule has 3 fully saturated rings. The zero-order chi connectivity index (χ0) is 32.2. The van der Waals surface area contributed by atoms with E-state index in [0.717, 1.165) is 48.5 Å². The van der Waals surface area contributed by atoms with Crippen LogP contribution in [0.15, 0.2) is 43.0 Å². The molecule has 1 aromatic rings. The molecule has 45 heavy (non-hydrogen) atoms. The van der Waals surface area contributed by atoms with Crippen LogP contribution in [-0.2, 0) is 20.7 Å². The number of aliphatic hydroxyl groups is 1. The molecular weight excluding hydrogens is 563 g/mol. The van der Waals surface area contributed by atoms with Crippen LogP contribution in [0.2, 0.25) is 0 Å². The molecule has 252 valence electrons. The van der Waals surface area contributed by atoms with Crippen molar-refractivity contribution in [2.45, 2.75) is 135 Å². The van der Waals surface area contributed by atoms with Crippen molar-refractivity contribution >= 4 is 5.97 Å². The van der Waals surface area contributed by atoms with Crippen molar-refractivity contribution in [3.8, 4) is 0 Å². The van der Waals surface area contributed by atoms with E-state index in [1.165, 1.54) is 102 Å². The molecule has 2 unspecified atom stereocenters. The van der Waals surface area contributed by atoms with Crippen LogP contribution in [0, 0.1) is 41.3 Å². The summed E-state index contributed by atoms with van der Waals surface area (Å²) < 4.78 is 25.8. The minimum absolute atomic E-state index is 0.0113. The number of carbonyl (C=O) groups excluding carboxylic acids is 1. The van der Waals surface area contributed by atoms with Gasteiger partial charge in [0.1, 0.15) is 5.82 Å². The van der Waals surface area contributed by atoms with Crippen LogP contribution in [0.1, 0.15) is 134 Å². The number of hydrogen-bond acceptors (Lipinski definition) is 4. The van der Waals surface area contributed by atoms with Crippen LogP contribution in [0.25, 0.3) is 0 Å². The van der Waals surface area contributed by atoms with Gasteiger partial charge in [0.2, 0.25) is 0 Å². The number of hydrogen-bond donors (Lipinski definition) is 1. The van der Waals surface area contributed by atoms with Crippen LogP contribution in [-0.4, -0.2) is 30.6 Å². The molecule has 3 aliphatic rings. The molecule has 4 rings (SSSR count). The Kier molecular flexibility index (Phi) is 14.7. The summed E-state index contributed by atoms with van der Waals surface area (Å²) in [7, 11) is 0. The van der Waals surface area contributed by atoms with Crippen LogP contribution < -0.4 is 0 Å². The summed E-state index contributed by atoms with van der Waals surface area (Å²) in [6, 6.07) is 6.13. The van der Waals surface area contributed by atoms with Crippen molar-refractivity contribution in [3.05, 3.63) is 60.0 Å². The van der Waals surface area contributed by atoms with E-state index in [0.29, 0.717) is 30.6 Å². The van der Waals surface area contributed by atoms with E-state index in [1.54, 1.807) is 6.92 Å². The molecule has 0 spiro atoms. The number of unbranched alkanes of at least 4 members (excludes halogenated alkanes) is 2. The van der Waals surface area contributed by atoms with Gasteiger partial charge >= 0.3 is 5.97 Å². The van der Waals surface area contributed by atoms with Crippen LogP contribution in [0.3, 0.4) is 0 Å². The second-order valence-corrected chi connectivity index (χ2v) is 14.7. The predicted octanol–water partition coefficient (Wildman–Crippen LogP) is 10.1. The highest BCUT2D eigenvalue weighted by atomic mass is 19.1. The largest absolute Gasteiger partial charge is 0.462 e. The molecule has 0 heterocycles. The van der Waals surface area contributed by atoms with Gasteiger partial charge in [-0.2, -0.15) is 0 Å². The molecule has 3 saturated carbocycles. The van der Waals surface area contributed by atoms with Crippen LogP contribution >= 0.6 is 0 Å². The lowest BCUT2D eigenvalue weighted by Gasteiger charge is -2.42. The number of benzene rings is 1. The second-order valence-electron chi connectivity index (χ2n) is 14.7. The summed E-state index contributed by atoms with van der Waals surface area (Å²) in [4.78, 5) is 12.1.